The average molecular weight is 261 g/mol. The van der Waals surface area contributed by atoms with Crippen LogP contribution in [0.5, 0.6) is 0 Å². The summed E-state index contributed by atoms with van der Waals surface area (Å²) in [4.78, 5) is 14.3. The highest BCUT2D eigenvalue weighted by atomic mass is 16.2. The molecule has 1 aliphatic heterocycles. The molecule has 1 aromatic rings. The molecule has 2 rings (SSSR count). The third kappa shape index (κ3) is 2.83. The minimum absolute atomic E-state index is 0.101. The van der Waals surface area contributed by atoms with Crippen molar-refractivity contribution in [1.29, 1.82) is 0 Å². The first-order valence-electron chi connectivity index (χ1n) is 7.07. The molecule has 1 aliphatic rings. The third-order valence-electron chi connectivity index (χ3n) is 3.78. The lowest BCUT2D eigenvalue weighted by molar-refractivity contribution is -0.122. The van der Waals surface area contributed by atoms with E-state index in [-0.39, 0.29) is 11.9 Å². The normalized spacial score (nSPS) is 15.2. The molecule has 1 unspecified atom stereocenters. The SMILES string of the molecule is CCCCNC(=O)C(C)N1CCc2c(N)cccc21. The van der Waals surface area contributed by atoms with Gasteiger partial charge in [0.2, 0.25) is 5.91 Å². The molecule has 1 heterocycles. The number of anilines is 2. The van der Waals surface area contributed by atoms with Gasteiger partial charge in [-0.15, -0.1) is 0 Å². The highest BCUT2D eigenvalue weighted by molar-refractivity contribution is 5.86. The van der Waals surface area contributed by atoms with Gasteiger partial charge in [-0.3, -0.25) is 4.79 Å². The second kappa shape index (κ2) is 5.95. The van der Waals surface area contributed by atoms with E-state index in [1.807, 2.05) is 19.1 Å². The highest BCUT2D eigenvalue weighted by Crippen LogP contribution is 2.33. The lowest BCUT2D eigenvalue weighted by Crippen LogP contribution is -2.44. The molecule has 0 spiro atoms. The lowest BCUT2D eigenvalue weighted by atomic mass is 10.1. The van der Waals surface area contributed by atoms with E-state index in [0.717, 1.165) is 43.7 Å². The molecule has 0 aromatic heterocycles. The summed E-state index contributed by atoms with van der Waals surface area (Å²) in [5, 5.41) is 2.99. The molecular weight excluding hydrogens is 238 g/mol. The largest absolute Gasteiger partial charge is 0.398 e. The van der Waals surface area contributed by atoms with Crippen LogP contribution in [0.2, 0.25) is 0 Å². The molecule has 3 N–H and O–H groups in total. The van der Waals surface area contributed by atoms with Gasteiger partial charge in [-0.2, -0.15) is 0 Å². The van der Waals surface area contributed by atoms with Crippen LogP contribution in [-0.4, -0.2) is 25.0 Å². The van der Waals surface area contributed by atoms with Crippen molar-refractivity contribution < 1.29 is 4.79 Å². The summed E-state index contributed by atoms with van der Waals surface area (Å²) in [5.41, 5.74) is 9.10. The summed E-state index contributed by atoms with van der Waals surface area (Å²) in [5.74, 6) is 0.101. The maximum absolute atomic E-state index is 12.1. The molecule has 0 aliphatic carbocycles. The second-order valence-corrected chi connectivity index (χ2v) is 5.11. The van der Waals surface area contributed by atoms with Gasteiger partial charge in [-0.1, -0.05) is 19.4 Å². The predicted octanol–water partition coefficient (Wildman–Crippen LogP) is 1.94. The van der Waals surface area contributed by atoms with Gasteiger partial charge in [0, 0.05) is 30.0 Å². The fraction of sp³-hybridized carbons (Fsp3) is 0.533. The summed E-state index contributed by atoms with van der Waals surface area (Å²) >= 11 is 0. The number of nitrogens with one attached hydrogen (secondary N) is 1. The fourth-order valence-electron chi connectivity index (χ4n) is 2.57. The molecule has 4 nitrogen and oxygen atoms in total. The van der Waals surface area contributed by atoms with Gasteiger partial charge in [0.1, 0.15) is 6.04 Å². The number of unbranched alkanes of at least 4 members (excludes halogenated alkanes) is 1. The molecule has 0 radical (unpaired) electrons. The third-order valence-corrected chi connectivity index (χ3v) is 3.78. The monoisotopic (exact) mass is 261 g/mol. The van der Waals surface area contributed by atoms with E-state index in [9.17, 15) is 4.79 Å². The van der Waals surface area contributed by atoms with E-state index in [0.29, 0.717) is 0 Å². The number of fused-ring (bicyclic) bond motifs is 1. The van der Waals surface area contributed by atoms with Crippen molar-refractivity contribution in [2.75, 3.05) is 23.7 Å². The van der Waals surface area contributed by atoms with Crippen molar-refractivity contribution >= 4 is 17.3 Å². The number of benzene rings is 1. The minimum atomic E-state index is -0.139. The van der Waals surface area contributed by atoms with E-state index < -0.39 is 0 Å². The van der Waals surface area contributed by atoms with Crippen LogP contribution in [0.3, 0.4) is 0 Å². The Kier molecular flexibility index (Phi) is 4.30. The smallest absolute Gasteiger partial charge is 0.242 e. The molecule has 104 valence electrons. The van der Waals surface area contributed by atoms with Crippen molar-refractivity contribution in [3.63, 3.8) is 0 Å². The zero-order chi connectivity index (χ0) is 13.8. The van der Waals surface area contributed by atoms with E-state index >= 15 is 0 Å². The molecule has 4 heteroatoms. The number of carbonyl (C=O) groups is 1. The zero-order valence-corrected chi connectivity index (χ0v) is 11.8. The minimum Gasteiger partial charge on any atom is -0.398 e. The van der Waals surface area contributed by atoms with E-state index in [4.69, 9.17) is 5.73 Å². The number of nitrogen functional groups attached to an aromatic ring is 1. The number of hydrogen-bond acceptors (Lipinski definition) is 3. The summed E-state index contributed by atoms with van der Waals surface area (Å²) in [6.07, 6.45) is 3.05. The van der Waals surface area contributed by atoms with Crippen LogP contribution in [-0.2, 0) is 11.2 Å². The van der Waals surface area contributed by atoms with Crippen molar-refractivity contribution in [2.45, 2.75) is 39.2 Å². The summed E-state index contributed by atoms with van der Waals surface area (Å²) in [6, 6.07) is 5.79. The van der Waals surface area contributed by atoms with Gasteiger partial charge >= 0.3 is 0 Å². The van der Waals surface area contributed by atoms with Gasteiger partial charge in [0.05, 0.1) is 0 Å². The van der Waals surface area contributed by atoms with Crippen LogP contribution in [0, 0.1) is 0 Å². The summed E-state index contributed by atoms with van der Waals surface area (Å²) in [6.45, 7) is 5.71. The van der Waals surface area contributed by atoms with Crippen LogP contribution < -0.4 is 16.0 Å². The Morgan fingerprint density at radius 1 is 1.53 bits per heavy atom. The predicted molar refractivity (Wildman–Crippen MR) is 79.3 cm³/mol. The molecule has 1 aromatic carbocycles. The Balaban J connectivity index is 2.04. The summed E-state index contributed by atoms with van der Waals surface area (Å²) in [7, 11) is 0. The molecule has 0 fully saturated rings. The van der Waals surface area contributed by atoms with Crippen LogP contribution in [0.1, 0.15) is 32.3 Å². The molecule has 1 atom stereocenters. The number of rotatable bonds is 5. The number of amides is 1. The Labute approximate surface area is 115 Å². The quantitative estimate of drug-likeness (QED) is 0.629. The van der Waals surface area contributed by atoms with E-state index in [1.165, 1.54) is 5.56 Å². The number of carbonyl (C=O) groups excluding carboxylic acids is 1. The van der Waals surface area contributed by atoms with Crippen LogP contribution in [0.25, 0.3) is 0 Å². The van der Waals surface area contributed by atoms with Crippen molar-refractivity contribution in [3.8, 4) is 0 Å². The van der Waals surface area contributed by atoms with Crippen molar-refractivity contribution in [2.24, 2.45) is 0 Å². The number of nitrogens with two attached hydrogens (primary N) is 1. The van der Waals surface area contributed by atoms with E-state index in [2.05, 4.69) is 23.2 Å². The molecule has 19 heavy (non-hydrogen) atoms. The van der Waals surface area contributed by atoms with Crippen LogP contribution >= 0.6 is 0 Å². The first-order chi connectivity index (χ1) is 9.15. The Bertz CT molecular complexity index is 459. The lowest BCUT2D eigenvalue weighted by Gasteiger charge is -2.26. The Morgan fingerprint density at radius 2 is 2.32 bits per heavy atom. The molecule has 0 saturated heterocycles. The first kappa shape index (κ1) is 13.7. The molecular formula is C15H23N3O. The maximum Gasteiger partial charge on any atom is 0.242 e. The van der Waals surface area contributed by atoms with Gasteiger partial charge in [-0.05, 0) is 31.9 Å². The van der Waals surface area contributed by atoms with Gasteiger partial charge in [0.25, 0.3) is 0 Å². The zero-order valence-electron chi connectivity index (χ0n) is 11.8. The first-order valence-corrected chi connectivity index (χ1v) is 7.07. The summed E-state index contributed by atoms with van der Waals surface area (Å²) < 4.78 is 0. The number of hydrogen-bond donors (Lipinski definition) is 2. The number of nitrogens with zero attached hydrogens (tertiary/aromatic N) is 1. The average Bonchev–Trinajstić information content (AvgIpc) is 2.83. The van der Waals surface area contributed by atoms with E-state index in [1.54, 1.807) is 0 Å². The fourth-order valence-corrected chi connectivity index (χ4v) is 2.57. The van der Waals surface area contributed by atoms with Gasteiger partial charge in [-0.25, -0.2) is 0 Å². The molecule has 0 bridgehead atoms. The second-order valence-electron chi connectivity index (χ2n) is 5.11. The van der Waals surface area contributed by atoms with Crippen LogP contribution in [0.15, 0.2) is 18.2 Å². The standard InChI is InChI=1S/C15H23N3O/c1-3-4-9-17-15(19)11(2)18-10-8-12-13(16)6-5-7-14(12)18/h5-7,11H,3-4,8-10,16H2,1-2H3,(H,17,19). The topological polar surface area (TPSA) is 58.4 Å². The Hall–Kier alpha value is -1.71. The highest BCUT2D eigenvalue weighted by Gasteiger charge is 2.28. The molecule has 1 amide bonds. The van der Waals surface area contributed by atoms with Crippen molar-refractivity contribution in [3.05, 3.63) is 23.8 Å². The van der Waals surface area contributed by atoms with Crippen molar-refractivity contribution in [1.82, 2.24) is 5.32 Å². The van der Waals surface area contributed by atoms with Gasteiger partial charge < -0.3 is 16.0 Å². The van der Waals surface area contributed by atoms with Gasteiger partial charge in [0.15, 0.2) is 0 Å². The maximum atomic E-state index is 12.1. The van der Waals surface area contributed by atoms with Crippen LogP contribution in [0.4, 0.5) is 11.4 Å². The Morgan fingerprint density at radius 3 is 3.05 bits per heavy atom. The molecule has 0 saturated carbocycles.